The maximum absolute atomic E-state index is 13.6. The van der Waals surface area contributed by atoms with Crippen molar-refractivity contribution >= 4 is 35.6 Å². The van der Waals surface area contributed by atoms with Crippen molar-refractivity contribution in [3.8, 4) is 16.9 Å². The number of carboxylic acid groups (broad SMARTS) is 1. The Kier molecular flexibility index (Phi) is 7.91. The summed E-state index contributed by atoms with van der Waals surface area (Å²) in [5.74, 6) is -2.33. The number of ether oxygens (including phenoxy) is 1. The lowest BCUT2D eigenvalue weighted by molar-refractivity contribution is -0.137. The SMILES string of the molecule is C=C(c1csc(COc2ccc(-c3cc(F)c(F)cc3S)cc2)n1)N(CC(=O)O)Cc1ccncn1. The van der Waals surface area contributed by atoms with Gasteiger partial charge in [0.05, 0.1) is 23.6 Å². The van der Waals surface area contributed by atoms with Crippen LogP contribution in [0.2, 0.25) is 0 Å². The number of benzene rings is 2. The fraction of sp³-hybridized carbons (Fsp3) is 0.120. The molecule has 4 aromatic rings. The van der Waals surface area contributed by atoms with E-state index in [9.17, 15) is 18.7 Å². The largest absolute Gasteiger partial charge is 0.486 e. The van der Waals surface area contributed by atoms with Gasteiger partial charge in [-0.05, 0) is 41.5 Å². The minimum absolute atomic E-state index is 0.186. The number of aromatic nitrogens is 3. The molecule has 0 aliphatic rings. The number of thiol groups is 1. The van der Waals surface area contributed by atoms with Crippen molar-refractivity contribution in [3.05, 3.63) is 95.0 Å². The molecule has 7 nitrogen and oxygen atoms in total. The Morgan fingerprint density at radius 2 is 1.92 bits per heavy atom. The molecule has 0 saturated heterocycles. The summed E-state index contributed by atoms with van der Waals surface area (Å²) in [5, 5.41) is 11.8. The summed E-state index contributed by atoms with van der Waals surface area (Å²) < 4.78 is 32.8. The van der Waals surface area contributed by atoms with Gasteiger partial charge in [-0.3, -0.25) is 4.79 Å². The third-order valence-electron chi connectivity index (χ3n) is 5.12. The maximum atomic E-state index is 13.6. The van der Waals surface area contributed by atoms with Gasteiger partial charge >= 0.3 is 5.97 Å². The van der Waals surface area contributed by atoms with Crippen LogP contribution in [0.25, 0.3) is 16.8 Å². The summed E-state index contributed by atoms with van der Waals surface area (Å²) >= 11 is 5.59. The van der Waals surface area contributed by atoms with E-state index >= 15 is 0 Å². The van der Waals surface area contributed by atoms with E-state index in [-0.39, 0.29) is 19.7 Å². The van der Waals surface area contributed by atoms with E-state index in [4.69, 9.17) is 4.74 Å². The average Bonchev–Trinajstić information content (AvgIpc) is 3.34. The number of aliphatic carboxylic acids is 1. The van der Waals surface area contributed by atoms with E-state index in [0.29, 0.717) is 43.9 Å². The minimum atomic E-state index is -0.999. The zero-order valence-electron chi connectivity index (χ0n) is 18.8. The summed E-state index contributed by atoms with van der Waals surface area (Å²) in [4.78, 5) is 25.8. The van der Waals surface area contributed by atoms with Crippen molar-refractivity contribution in [2.45, 2.75) is 18.0 Å². The van der Waals surface area contributed by atoms with Crippen molar-refractivity contribution in [1.29, 1.82) is 0 Å². The fourth-order valence-corrected chi connectivity index (χ4v) is 4.35. The molecule has 0 atom stereocenters. The second kappa shape index (κ2) is 11.3. The Labute approximate surface area is 215 Å². The van der Waals surface area contributed by atoms with Crippen LogP contribution >= 0.6 is 24.0 Å². The predicted molar refractivity (Wildman–Crippen MR) is 135 cm³/mol. The van der Waals surface area contributed by atoms with Gasteiger partial charge in [0, 0.05) is 16.5 Å². The second-order valence-corrected chi connectivity index (χ2v) is 9.04. The van der Waals surface area contributed by atoms with Gasteiger partial charge in [0.15, 0.2) is 11.6 Å². The molecular formula is C25H20F2N4O3S2. The van der Waals surface area contributed by atoms with E-state index in [1.54, 1.807) is 46.8 Å². The minimum Gasteiger partial charge on any atom is -0.486 e. The highest BCUT2D eigenvalue weighted by atomic mass is 32.1. The number of carbonyl (C=O) groups is 1. The summed E-state index contributed by atoms with van der Waals surface area (Å²) in [7, 11) is 0. The Hall–Kier alpha value is -3.83. The highest BCUT2D eigenvalue weighted by Gasteiger charge is 2.17. The van der Waals surface area contributed by atoms with Gasteiger partial charge in [-0.1, -0.05) is 18.7 Å². The molecule has 4 rings (SSSR count). The Morgan fingerprint density at radius 3 is 2.61 bits per heavy atom. The van der Waals surface area contributed by atoms with Crippen LogP contribution in [0.1, 0.15) is 16.4 Å². The lowest BCUT2D eigenvalue weighted by Crippen LogP contribution is -2.28. The topological polar surface area (TPSA) is 88.4 Å². The van der Waals surface area contributed by atoms with Crippen LogP contribution in [-0.2, 0) is 17.9 Å². The zero-order valence-corrected chi connectivity index (χ0v) is 20.5. The Bertz CT molecular complexity index is 1380. The van der Waals surface area contributed by atoms with Crippen LogP contribution in [-0.4, -0.2) is 37.5 Å². The lowest BCUT2D eigenvalue weighted by atomic mass is 10.1. The van der Waals surface area contributed by atoms with Crippen LogP contribution in [0, 0.1) is 11.6 Å². The monoisotopic (exact) mass is 526 g/mol. The summed E-state index contributed by atoms with van der Waals surface area (Å²) in [6, 6.07) is 10.7. The van der Waals surface area contributed by atoms with Crippen molar-refractivity contribution < 1.29 is 23.4 Å². The number of rotatable bonds is 10. The Morgan fingerprint density at radius 1 is 1.17 bits per heavy atom. The first-order valence-electron chi connectivity index (χ1n) is 10.6. The highest BCUT2D eigenvalue weighted by Crippen LogP contribution is 2.30. The number of nitrogens with zero attached hydrogens (tertiary/aromatic N) is 4. The van der Waals surface area contributed by atoms with E-state index in [0.717, 1.165) is 12.1 Å². The van der Waals surface area contributed by atoms with Crippen molar-refractivity contribution in [2.75, 3.05) is 6.54 Å². The van der Waals surface area contributed by atoms with E-state index in [2.05, 4.69) is 34.2 Å². The third kappa shape index (κ3) is 6.23. The molecular weight excluding hydrogens is 506 g/mol. The standard InChI is InChI=1S/C25H20F2N4O3S2/c1-15(31(11-25(32)33)10-17-6-7-28-14-29-17)22-13-36-24(30-22)12-34-18-4-2-16(3-5-18)19-8-20(26)21(27)9-23(19)35/h2-9,13-14,35H,1,10-12H2,(H,32,33). The molecule has 0 radical (unpaired) electrons. The van der Waals surface area contributed by atoms with Crippen LogP contribution in [0.15, 0.2) is 71.8 Å². The molecule has 2 aromatic heterocycles. The lowest BCUT2D eigenvalue weighted by Gasteiger charge is -2.23. The number of hydrogen-bond acceptors (Lipinski definition) is 8. The molecule has 36 heavy (non-hydrogen) atoms. The van der Waals surface area contributed by atoms with E-state index < -0.39 is 17.6 Å². The first-order valence-corrected chi connectivity index (χ1v) is 11.9. The summed E-state index contributed by atoms with van der Waals surface area (Å²) in [6.07, 6.45) is 2.99. The van der Waals surface area contributed by atoms with Crippen molar-refractivity contribution in [1.82, 2.24) is 19.9 Å². The first-order chi connectivity index (χ1) is 17.3. The number of carboxylic acids is 1. The van der Waals surface area contributed by atoms with Gasteiger partial charge in [-0.25, -0.2) is 23.7 Å². The molecule has 11 heteroatoms. The molecule has 2 heterocycles. The molecule has 0 aliphatic heterocycles. The predicted octanol–water partition coefficient (Wildman–Crippen LogP) is 5.30. The average molecular weight is 527 g/mol. The van der Waals surface area contributed by atoms with E-state index in [1.807, 2.05) is 0 Å². The molecule has 1 N–H and O–H groups in total. The smallest absolute Gasteiger partial charge is 0.323 e. The van der Waals surface area contributed by atoms with Crippen molar-refractivity contribution in [3.63, 3.8) is 0 Å². The van der Waals surface area contributed by atoms with E-state index in [1.165, 1.54) is 17.7 Å². The molecule has 0 unspecified atom stereocenters. The normalized spacial score (nSPS) is 10.8. The molecule has 0 aliphatic carbocycles. The molecule has 184 valence electrons. The molecule has 0 bridgehead atoms. The van der Waals surface area contributed by atoms with Gasteiger partial charge in [0.1, 0.15) is 30.2 Å². The van der Waals surface area contributed by atoms with Gasteiger partial charge in [-0.2, -0.15) is 0 Å². The maximum Gasteiger partial charge on any atom is 0.323 e. The Balaban J connectivity index is 1.40. The molecule has 0 spiro atoms. The van der Waals surface area contributed by atoms with Gasteiger partial charge < -0.3 is 14.7 Å². The number of thiazole rings is 1. The number of halogens is 2. The van der Waals surface area contributed by atoms with Crippen molar-refractivity contribution in [2.24, 2.45) is 0 Å². The van der Waals surface area contributed by atoms with Crippen LogP contribution in [0.5, 0.6) is 5.75 Å². The van der Waals surface area contributed by atoms with Gasteiger partial charge in [0.2, 0.25) is 0 Å². The summed E-state index contributed by atoms with van der Waals surface area (Å²) in [5.41, 5.74) is 2.80. The zero-order chi connectivity index (χ0) is 25.7. The van der Waals surface area contributed by atoms with Crippen LogP contribution in [0.4, 0.5) is 8.78 Å². The van der Waals surface area contributed by atoms with Gasteiger partial charge in [-0.15, -0.1) is 24.0 Å². The molecule has 0 amide bonds. The second-order valence-electron chi connectivity index (χ2n) is 7.62. The fourth-order valence-electron chi connectivity index (χ4n) is 3.33. The van der Waals surface area contributed by atoms with Crippen LogP contribution in [0.3, 0.4) is 0 Å². The number of hydrogen-bond donors (Lipinski definition) is 2. The quantitative estimate of drug-likeness (QED) is 0.271. The molecule has 0 saturated carbocycles. The summed E-state index contributed by atoms with van der Waals surface area (Å²) in [6.45, 7) is 4.20. The van der Waals surface area contributed by atoms with Crippen LogP contribution < -0.4 is 4.74 Å². The highest BCUT2D eigenvalue weighted by molar-refractivity contribution is 7.80. The molecule has 0 fully saturated rings. The first kappa shape index (κ1) is 25.3. The van der Waals surface area contributed by atoms with Gasteiger partial charge in [0.25, 0.3) is 0 Å². The molecule has 2 aromatic carbocycles. The third-order valence-corrected chi connectivity index (χ3v) is 6.31.